The summed E-state index contributed by atoms with van der Waals surface area (Å²) in [6.45, 7) is 10.7. The molecule has 0 aromatic rings. The third-order valence-electron chi connectivity index (χ3n) is 6.45. The van der Waals surface area contributed by atoms with Gasteiger partial charge in [-0.05, 0) is 41.4 Å². The van der Waals surface area contributed by atoms with Gasteiger partial charge in [-0.25, -0.2) is 4.39 Å². The fraction of sp³-hybridized carbons (Fsp3) is 1.00. The van der Waals surface area contributed by atoms with Crippen LogP contribution in [0.15, 0.2) is 0 Å². The van der Waals surface area contributed by atoms with E-state index in [9.17, 15) is 31.4 Å². The molecule has 2 aliphatic rings. The highest BCUT2D eigenvalue weighted by Gasteiger charge is 2.85. The predicted octanol–water partition coefficient (Wildman–Crippen LogP) is 5.91. The lowest BCUT2D eigenvalue weighted by molar-refractivity contribution is -0.412. The maximum Gasteiger partial charge on any atom is 0.429 e. The molecule has 0 heterocycles. The fourth-order valence-corrected chi connectivity index (χ4v) is 5.81. The van der Waals surface area contributed by atoms with E-state index in [1.807, 2.05) is 20.8 Å². The van der Waals surface area contributed by atoms with Crippen molar-refractivity contribution in [2.45, 2.75) is 78.0 Å². The number of fused-ring (bicyclic) bond motifs is 2. The van der Waals surface area contributed by atoms with Crippen molar-refractivity contribution in [1.82, 2.24) is 0 Å². The summed E-state index contributed by atoms with van der Waals surface area (Å²) >= 11 is 0. The lowest BCUT2D eigenvalue weighted by Gasteiger charge is -2.54. The van der Waals surface area contributed by atoms with Crippen LogP contribution in [-0.2, 0) is 0 Å². The molecule has 0 amide bonds. The Bertz CT molecular complexity index is 538. The SMILES string of the molecule is CC(C)(C)C1C2CC(C1C(C)(C)C)C(F)(C(O)(C(F)(F)F)C(F)(F)F)C2. The molecule has 8 heteroatoms. The van der Waals surface area contributed by atoms with Crippen molar-refractivity contribution >= 4 is 0 Å². The van der Waals surface area contributed by atoms with E-state index in [4.69, 9.17) is 0 Å². The zero-order chi connectivity index (χ0) is 20.7. The Kier molecular flexibility index (Phi) is 4.61. The van der Waals surface area contributed by atoms with Crippen LogP contribution in [0.5, 0.6) is 0 Å². The molecule has 0 spiro atoms. The first-order valence-corrected chi connectivity index (χ1v) is 8.74. The van der Waals surface area contributed by atoms with Crippen LogP contribution in [-0.4, -0.2) is 28.7 Å². The summed E-state index contributed by atoms with van der Waals surface area (Å²) in [5.41, 5.74) is -10.2. The van der Waals surface area contributed by atoms with E-state index in [-0.39, 0.29) is 12.3 Å². The molecule has 0 radical (unpaired) electrons. The molecule has 0 aromatic carbocycles. The Labute approximate surface area is 149 Å². The molecule has 2 aliphatic carbocycles. The zero-order valence-corrected chi connectivity index (χ0v) is 15.8. The summed E-state index contributed by atoms with van der Waals surface area (Å²) in [7, 11) is 0. The molecule has 26 heavy (non-hydrogen) atoms. The van der Waals surface area contributed by atoms with Gasteiger partial charge >= 0.3 is 12.4 Å². The number of rotatable bonds is 1. The van der Waals surface area contributed by atoms with Crippen molar-refractivity contribution in [3.8, 4) is 0 Å². The summed E-state index contributed by atoms with van der Waals surface area (Å²) in [6.07, 6.45) is -13.3. The van der Waals surface area contributed by atoms with Gasteiger partial charge in [0.05, 0.1) is 0 Å². The van der Waals surface area contributed by atoms with Crippen LogP contribution >= 0.6 is 0 Å². The summed E-state index contributed by atoms with van der Waals surface area (Å²) in [4.78, 5) is 0. The van der Waals surface area contributed by atoms with E-state index >= 15 is 4.39 Å². The first-order chi connectivity index (χ1) is 11.2. The summed E-state index contributed by atoms with van der Waals surface area (Å²) in [6, 6.07) is 0. The lowest BCUT2D eigenvalue weighted by atomic mass is 9.54. The number of aliphatic hydroxyl groups is 1. The second-order valence-corrected chi connectivity index (χ2v) is 10.2. The molecular formula is C18H27F7O. The van der Waals surface area contributed by atoms with Gasteiger partial charge in [0.2, 0.25) is 0 Å². The normalized spacial score (nSPS) is 36.7. The Balaban J connectivity index is 2.64. The minimum Gasteiger partial charge on any atom is -0.371 e. The van der Waals surface area contributed by atoms with Crippen molar-refractivity contribution in [1.29, 1.82) is 0 Å². The maximum atomic E-state index is 15.7. The van der Waals surface area contributed by atoms with Crippen molar-refractivity contribution in [3.05, 3.63) is 0 Å². The first kappa shape index (κ1) is 21.8. The van der Waals surface area contributed by atoms with Gasteiger partial charge in [-0.3, -0.25) is 0 Å². The Hall–Kier alpha value is -0.530. The summed E-state index contributed by atoms with van der Waals surface area (Å²) in [5.74, 6) is -3.07. The third kappa shape index (κ3) is 2.76. The molecule has 154 valence electrons. The molecule has 2 bridgehead atoms. The van der Waals surface area contributed by atoms with E-state index in [1.54, 1.807) is 20.8 Å². The van der Waals surface area contributed by atoms with E-state index in [0.717, 1.165) is 0 Å². The molecule has 0 aromatic heterocycles. The molecule has 5 unspecified atom stereocenters. The Morgan fingerprint density at radius 1 is 0.769 bits per heavy atom. The number of hydrogen-bond acceptors (Lipinski definition) is 1. The topological polar surface area (TPSA) is 20.2 Å². The molecule has 1 N–H and O–H groups in total. The summed E-state index contributed by atoms with van der Waals surface area (Å²) < 4.78 is 95.9. The minimum absolute atomic E-state index is 0.0746. The third-order valence-corrected chi connectivity index (χ3v) is 6.45. The van der Waals surface area contributed by atoms with Gasteiger partial charge in [-0.2, -0.15) is 26.3 Å². The average Bonchev–Trinajstić information content (AvgIpc) is 2.88. The molecular weight excluding hydrogens is 365 g/mol. The fourth-order valence-electron chi connectivity index (χ4n) is 5.81. The van der Waals surface area contributed by atoms with Crippen LogP contribution in [0.1, 0.15) is 54.4 Å². The van der Waals surface area contributed by atoms with Gasteiger partial charge in [0.1, 0.15) is 0 Å². The summed E-state index contributed by atoms with van der Waals surface area (Å²) in [5, 5.41) is 9.81. The van der Waals surface area contributed by atoms with Crippen LogP contribution in [0.2, 0.25) is 0 Å². The highest BCUT2D eigenvalue weighted by atomic mass is 19.4. The lowest BCUT2D eigenvalue weighted by Crippen LogP contribution is -2.72. The quantitative estimate of drug-likeness (QED) is 0.550. The highest BCUT2D eigenvalue weighted by Crippen LogP contribution is 2.71. The number of hydrogen-bond donors (Lipinski definition) is 1. The molecule has 0 saturated heterocycles. The molecule has 0 aliphatic heterocycles. The van der Waals surface area contributed by atoms with Crippen LogP contribution < -0.4 is 0 Å². The van der Waals surface area contributed by atoms with E-state index in [1.165, 1.54) is 0 Å². The van der Waals surface area contributed by atoms with Crippen molar-refractivity contribution in [3.63, 3.8) is 0 Å². The second kappa shape index (κ2) is 5.51. The van der Waals surface area contributed by atoms with Crippen molar-refractivity contribution in [2.75, 3.05) is 0 Å². The van der Waals surface area contributed by atoms with Crippen molar-refractivity contribution in [2.24, 2.45) is 34.5 Å². The van der Waals surface area contributed by atoms with Gasteiger partial charge in [0.25, 0.3) is 5.60 Å². The maximum absolute atomic E-state index is 15.7. The van der Waals surface area contributed by atoms with Gasteiger partial charge in [0.15, 0.2) is 5.67 Å². The molecule has 1 nitrogen and oxygen atoms in total. The smallest absolute Gasteiger partial charge is 0.371 e. The average molecular weight is 392 g/mol. The largest absolute Gasteiger partial charge is 0.429 e. The Morgan fingerprint density at radius 3 is 1.46 bits per heavy atom. The van der Waals surface area contributed by atoms with Gasteiger partial charge in [-0.15, -0.1) is 0 Å². The van der Waals surface area contributed by atoms with Gasteiger partial charge in [-0.1, -0.05) is 41.5 Å². The van der Waals surface area contributed by atoms with Gasteiger partial charge in [0, 0.05) is 5.92 Å². The molecule has 2 fully saturated rings. The number of alkyl halides is 7. The van der Waals surface area contributed by atoms with E-state index in [0.29, 0.717) is 0 Å². The molecule has 2 saturated carbocycles. The van der Waals surface area contributed by atoms with Crippen LogP contribution in [0.3, 0.4) is 0 Å². The van der Waals surface area contributed by atoms with Crippen molar-refractivity contribution < 1.29 is 35.8 Å². The van der Waals surface area contributed by atoms with E-state index < -0.39 is 58.6 Å². The second-order valence-electron chi connectivity index (χ2n) is 10.2. The minimum atomic E-state index is -6.15. The predicted molar refractivity (Wildman–Crippen MR) is 83.0 cm³/mol. The van der Waals surface area contributed by atoms with Crippen LogP contribution in [0, 0.1) is 34.5 Å². The van der Waals surface area contributed by atoms with E-state index in [2.05, 4.69) is 0 Å². The van der Waals surface area contributed by atoms with Gasteiger partial charge < -0.3 is 5.11 Å². The van der Waals surface area contributed by atoms with Crippen LogP contribution in [0.4, 0.5) is 30.7 Å². The number of halogens is 7. The van der Waals surface area contributed by atoms with Crippen LogP contribution in [0.25, 0.3) is 0 Å². The standard InChI is InChI=1S/C18H27F7O/c1-13(2,3)11-9-7-10(12(11)14(4,5)6)15(19,8-9)16(26,17(20,21)22)18(23,24)25/h9-12,26H,7-8H2,1-6H3. The zero-order valence-electron chi connectivity index (χ0n) is 15.8. The monoisotopic (exact) mass is 392 g/mol. The first-order valence-electron chi connectivity index (χ1n) is 8.74. The highest BCUT2D eigenvalue weighted by molar-refractivity contribution is 5.22. The Morgan fingerprint density at radius 2 is 1.15 bits per heavy atom. The molecule has 2 rings (SSSR count). The molecule has 5 atom stereocenters.